The number of aryl methyl sites for hydroxylation is 1. The number of imidazole rings is 1. The molecule has 0 fully saturated rings. The second-order valence-corrected chi connectivity index (χ2v) is 3.77. The van der Waals surface area contributed by atoms with Crippen LogP contribution in [0.5, 0.6) is 0 Å². The van der Waals surface area contributed by atoms with E-state index in [1.165, 1.54) is 0 Å². The van der Waals surface area contributed by atoms with Gasteiger partial charge in [-0.05, 0) is 20.9 Å². The summed E-state index contributed by atoms with van der Waals surface area (Å²) in [7, 11) is 3.70. The Bertz CT molecular complexity index is 280. The number of rotatable bonds is 3. The van der Waals surface area contributed by atoms with Crippen LogP contribution in [0.3, 0.4) is 0 Å². The van der Waals surface area contributed by atoms with Crippen LogP contribution in [0.1, 0.15) is 25.8 Å². The van der Waals surface area contributed by atoms with E-state index in [0.29, 0.717) is 5.82 Å². The molecule has 0 aliphatic rings. The van der Waals surface area contributed by atoms with Crippen LogP contribution in [0.25, 0.3) is 0 Å². The van der Waals surface area contributed by atoms with E-state index >= 15 is 0 Å². The summed E-state index contributed by atoms with van der Waals surface area (Å²) in [6.45, 7) is 3.87. The summed E-state index contributed by atoms with van der Waals surface area (Å²) in [5.74, 6) is 0.680. The smallest absolute Gasteiger partial charge is 0.139 e. The molecule has 4 heteroatoms. The molecule has 0 aliphatic carbocycles. The highest BCUT2D eigenvalue weighted by Crippen LogP contribution is 2.22. The van der Waals surface area contributed by atoms with Crippen molar-refractivity contribution in [1.29, 1.82) is 0 Å². The number of nitrogens with zero attached hydrogens (tertiary/aromatic N) is 2. The van der Waals surface area contributed by atoms with Crippen LogP contribution in [-0.2, 0) is 7.05 Å². The minimum atomic E-state index is -0.600. The summed E-state index contributed by atoms with van der Waals surface area (Å²) >= 11 is 0. The van der Waals surface area contributed by atoms with Gasteiger partial charge in [0.2, 0.25) is 0 Å². The molecular weight excluding hydrogens is 166 g/mol. The Morgan fingerprint density at radius 3 is 2.62 bits per heavy atom. The van der Waals surface area contributed by atoms with Gasteiger partial charge in [0, 0.05) is 25.0 Å². The fourth-order valence-corrected chi connectivity index (χ4v) is 1.10. The van der Waals surface area contributed by atoms with Crippen molar-refractivity contribution in [3.8, 4) is 0 Å². The Kier molecular flexibility index (Phi) is 2.73. The van der Waals surface area contributed by atoms with Crippen molar-refractivity contribution >= 4 is 0 Å². The van der Waals surface area contributed by atoms with E-state index in [1.54, 1.807) is 6.20 Å². The van der Waals surface area contributed by atoms with E-state index in [2.05, 4.69) is 10.3 Å². The summed E-state index contributed by atoms with van der Waals surface area (Å²) in [6.07, 6.45) is 2.91. The molecule has 1 unspecified atom stereocenters. The Morgan fingerprint density at radius 1 is 1.62 bits per heavy atom. The molecule has 0 bridgehead atoms. The summed E-state index contributed by atoms with van der Waals surface area (Å²) in [5.41, 5.74) is -0.362. The van der Waals surface area contributed by atoms with Gasteiger partial charge in [-0.1, -0.05) is 0 Å². The first-order valence-electron chi connectivity index (χ1n) is 4.33. The van der Waals surface area contributed by atoms with Crippen molar-refractivity contribution in [2.24, 2.45) is 7.05 Å². The Hall–Kier alpha value is -0.870. The third-order valence-corrected chi connectivity index (χ3v) is 2.43. The summed E-state index contributed by atoms with van der Waals surface area (Å²) in [6, 6.07) is 0. The third kappa shape index (κ3) is 1.89. The molecule has 1 atom stereocenters. The van der Waals surface area contributed by atoms with Gasteiger partial charge in [0.1, 0.15) is 11.9 Å². The fraction of sp³-hybridized carbons (Fsp3) is 0.667. The SMILES string of the molecule is CNC(C)(C)C(O)c1nccn1C. The highest BCUT2D eigenvalue weighted by Gasteiger charge is 2.29. The summed E-state index contributed by atoms with van der Waals surface area (Å²) in [4.78, 5) is 4.10. The molecule has 74 valence electrons. The van der Waals surface area contributed by atoms with E-state index in [-0.39, 0.29) is 5.54 Å². The first-order valence-corrected chi connectivity index (χ1v) is 4.33. The number of aromatic nitrogens is 2. The van der Waals surface area contributed by atoms with E-state index in [1.807, 2.05) is 38.7 Å². The normalized spacial score (nSPS) is 14.5. The average Bonchev–Trinajstić information content (AvgIpc) is 2.50. The van der Waals surface area contributed by atoms with Crippen molar-refractivity contribution in [3.05, 3.63) is 18.2 Å². The topological polar surface area (TPSA) is 50.1 Å². The zero-order valence-corrected chi connectivity index (χ0v) is 8.57. The van der Waals surface area contributed by atoms with Gasteiger partial charge in [-0.15, -0.1) is 0 Å². The zero-order chi connectivity index (χ0) is 10.1. The van der Waals surface area contributed by atoms with E-state index < -0.39 is 6.10 Å². The first kappa shape index (κ1) is 10.2. The predicted octanol–water partition coefficient (Wildman–Crippen LogP) is 0.451. The zero-order valence-electron chi connectivity index (χ0n) is 8.57. The summed E-state index contributed by atoms with van der Waals surface area (Å²) in [5, 5.41) is 13.0. The minimum Gasteiger partial charge on any atom is -0.383 e. The van der Waals surface area contributed by atoms with Crippen molar-refractivity contribution in [1.82, 2.24) is 14.9 Å². The fourth-order valence-electron chi connectivity index (χ4n) is 1.10. The minimum absolute atomic E-state index is 0.362. The van der Waals surface area contributed by atoms with Crippen LogP contribution in [0.4, 0.5) is 0 Å². The second-order valence-electron chi connectivity index (χ2n) is 3.77. The molecule has 1 aromatic rings. The maximum Gasteiger partial charge on any atom is 0.139 e. The van der Waals surface area contributed by atoms with Gasteiger partial charge in [0.05, 0.1) is 0 Å². The molecule has 0 radical (unpaired) electrons. The molecule has 0 amide bonds. The van der Waals surface area contributed by atoms with Crippen LogP contribution >= 0.6 is 0 Å². The van der Waals surface area contributed by atoms with E-state index in [9.17, 15) is 5.11 Å². The van der Waals surface area contributed by atoms with Gasteiger partial charge >= 0.3 is 0 Å². The second kappa shape index (κ2) is 3.47. The molecular formula is C9H17N3O. The van der Waals surface area contributed by atoms with Crippen molar-refractivity contribution in [2.75, 3.05) is 7.05 Å². The van der Waals surface area contributed by atoms with Crippen molar-refractivity contribution < 1.29 is 5.11 Å². The Morgan fingerprint density at radius 2 is 2.23 bits per heavy atom. The molecule has 0 aliphatic heterocycles. The number of aliphatic hydroxyl groups excluding tert-OH is 1. The number of hydrogen-bond donors (Lipinski definition) is 2. The highest BCUT2D eigenvalue weighted by atomic mass is 16.3. The lowest BCUT2D eigenvalue weighted by molar-refractivity contribution is 0.0751. The van der Waals surface area contributed by atoms with Gasteiger partial charge in [-0.25, -0.2) is 4.98 Å². The lowest BCUT2D eigenvalue weighted by Crippen LogP contribution is -2.43. The molecule has 0 aromatic carbocycles. The highest BCUT2D eigenvalue weighted by molar-refractivity contribution is 5.03. The first-order chi connectivity index (χ1) is 5.99. The number of hydrogen-bond acceptors (Lipinski definition) is 3. The monoisotopic (exact) mass is 183 g/mol. The van der Waals surface area contributed by atoms with Crippen molar-refractivity contribution in [3.63, 3.8) is 0 Å². The maximum absolute atomic E-state index is 9.97. The van der Waals surface area contributed by atoms with Crippen LogP contribution in [-0.4, -0.2) is 27.2 Å². The van der Waals surface area contributed by atoms with Gasteiger partial charge < -0.3 is 15.0 Å². The standard InChI is InChI=1S/C9H17N3O/c1-9(2,10-3)7(13)8-11-5-6-12(8)4/h5-7,10,13H,1-4H3. The molecule has 0 saturated carbocycles. The third-order valence-electron chi connectivity index (χ3n) is 2.43. The average molecular weight is 183 g/mol. The van der Waals surface area contributed by atoms with E-state index in [4.69, 9.17) is 0 Å². The molecule has 1 aromatic heterocycles. The van der Waals surface area contributed by atoms with Crippen LogP contribution < -0.4 is 5.32 Å². The van der Waals surface area contributed by atoms with Crippen molar-refractivity contribution in [2.45, 2.75) is 25.5 Å². The van der Waals surface area contributed by atoms with Gasteiger partial charge in [-0.3, -0.25) is 0 Å². The lowest BCUT2D eigenvalue weighted by Gasteiger charge is -2.29. The quantitative estimate of drug-likeness (QED) is 0.715. The number of nitrogens with one attached hydrogen (secondary N) is 1. The molecule has 2 N–H and O–H groups in total. The van der Waals surface area contributed by atoms with Gasteiger partial charge in [0.15, 0.2) is 0 Å². The molecule has 13 heavy (non-hydrogen) atoms. The lowest BCUT2D eigenvalue weighted by atomic mass is 9.97. The number of aliphatic hydroxyl groups is 1. The molecule has 0 spiro atoms. The van der Waals surface area contributed by atoms with Gasteiger partial charge in [-0.2, -0.15) is 0 Å². The number of likely N-dealkylation sites (N-methyl/N-ethyl adjacent to an activating group) is 1. The molecule has 1 rings (SSSR count). The molecule has 4 nitrogen and oxygen atoms in total. The largest absolute Gasteiger partial charge is 0.383 e. The van der Waals surface area contributed by atoms with Gasteiger partial charge in [0.25, 0.3) is 0 Å². The molecule has 1 heterocycles. The predicted molar refractivity (Wildman–Crippen MR) is 51.3 cm³/mol. The molecule has 0 saturated heterocycles. The Labute approximate surface area is 78.6 Å². The van der Waals surface area contributed by atoms with Crippen LogP contribution in [0.15, 0.2) is 12.4 Å². The summed E-state index contributed by atoms with van der Waals surface area (Å²) < 4.78 is 1.82. The van der Waals surface area contributed by atoms with Crippen LogP contribution in [0, 0.1) is 0 Å². The Balaban J connectivity index is 2.91. The van der Waals surface area contributed by atoms with Crippen LogP contribution in [0.2, 0.25) is 0 Å². The maximum atomic E-state index is 9.97. The van der Waals surface area contributed by atoms with E-state index in [0.717, 1.165) is 0 Å².